The third-order valence-electron chi connectivity index (χ3n) is 2.73. The molecule has 0 aromatic rings. The first kappa shape index (κ1) is 10.7. The largest absolute Gasteiger partial charge is 0.385 e. The lowest BCUT2D eigenvalue weighted by atomic mass is 9.93. The van der Waals surface area contributed by atoms with Gasteiger partial charge in [-0.25, -0.2) is 0 Å². The van der Waals surface area contributed by atoms with Crippen LogP contribution in [0.4, 0.5) is 0 Å². The van der Waals surface area contributed by atoms with Crippen molar-refractivity contribution in [1.82, 2.24) is 0 Å². The van der Waals surface area contributed by atoms with Gasteiger partial charge >= 0.3 is 0 Å². The van der Waals surface area contributed by atoms with Crippen LogP contribution in [-0.4, -0.2) is 25.5 Å². The van der Waals surface area contributed by atoms with E-state index in [-0.39, 0.29) is 12.0 Å². The molecule has 13 heavy (non-hydrogen) atoms. The Labute approximate surface area is 79.6 Å². The predicted molar refractivity (Wildman–Crippen MR) is 51.4 cm³/mol. The summed E-state index contributed by atoms with van der Waals surface area (Å²) < 4.78 is 4.93. The lowest BCUT2D eigenvalue weighted by Crippen LogP contribution is -2.35. The maximum absolute atomic E-state index is 11.6. The summed E-state index contributed by atoms with van der Waals surface area (Å²) in [5.74, 6) is 0.676. The predicted octanol–water partition coefficient (Wildman–Crippen LogP) is 0.965. The van der Waals surface area contributed by atoms with Crippen molar-refractivity contribution in [2.24, 2.45) is 17.6 Å². The molecular weight excluding hydrogens is 166 g/mol. The zero-order valence-corrected chi connectivity index (χ0v) is 8.45. The molecule has 2 N–H and O–H groups in total. The third kappa shape index (κ3) is 3.08. The number of ether oxygens (including phenoxy) is 1. The van der Waals surface area contributed by atoms with Crippen LogP contribution < -0.4 is 5.73 Å². The number of ketones is 1. The topological polar surface area (TPSA) is 52.3 Å². The molecule has 3 nitrogen and oxygen atoms in total. The summed E-state index contributed by atoms with van der Waals surface area (Å²) in [6.07, 6.45) is 2.91. The molecule has 1 rings (SSSR count). The number of Topliss-reactive ketones (excluding diaryl/α,β-unsaturated/α-hetero) is 1. The van der Waals surface area contributed by atoms with Crippen molar-refractivity contribution in [2.75, 3.05) is 13.7 Å². The molecule has 1 aliphatic rings. The van der Waals surface area contributed by atoms with Gasteiger partial charge in [0.05, 0.1) is 0 Å². The van der Waals surface area contributed by atoms with Crippen molar-refractivity contribution < 1.29 is 9.53 Å². The summed E-state index contributed by atoms with van der Waals surface area (Å²) in [7, 11) is 1.65. The summed E-state index contributed by atoms with van der Waals surface area (Å²) in [6.45, 7) is 2.57. The molecule has 0 bridgehead atoms. The van der Waals surface area contributed by atoms with Crippen molar-refractivity contribution in [3.63, 3.8) is 0 Å². The van der Waals surface area contributed by atoms with Gasteiger partial charge in [-0.15, -0.1) is 0 Å². The highest BCUT2D eigenvalue weighted by molar-refractivity contribution is 5.85. The van der Waals surface area contributed by atoms with Crippen molar-refractivity contribution in [1.29, 1.82) is 0 Å². The number of hydrogen-bond acceptors (Lipinski definition) is 3. The molecule has 1 saturated carbocycles. The van der Waals surface area contributed by atoms with E-state index in [2.05, 4.69) is 0 Å². The van der Waals surface area contributed by atoms with Gasteiger partial charge in [0.1, 0.15) is 5.78 Å². The van der Waals surface area contributed by atoms with Gasteiger partial charge in [0.2, 0.25) is 0 Å². The quantitative estimate of drug-likeness (QED) is 0.670. The van der Waals surface area contributed by atoms with E-state index < -0.39 is 0 Å². The Morgan fingerprint density at radius 2 is 2.23 bits per heavy atom. The van der Waals surface area contributed by atoms with Crippen molar-refractivity contribution in [2.45, 2.75) is 32.2 Å². The Morgan fingerprint density at radius 1 is 1.62 bits per heavy atom. The fourth-order valence-corrected chi connectivity index (χ4v) is 1.45. The molecule has 76 valence electrons. The monoisotopic (exact) mass is 185 g/mol. The van der Waals surface area contributed by atoms with Crippen LogP contribution in [-0.2, 0) is 9.53 Å². The highest BCUT2D eigenvalue weighted by Crippen LogP contribution is 2.33. The summed E-state index contributed by atoms with van der Waals surface area (Å²) in [4.78, 5) is 11.6. The number of methoxy groups -OCH3 is 1. The van der Waals surface area contributed by atoms with E-state index >= 15 is 0 Å². The van der Waals surface area contributed by atoms with Crippen LogP contribution in [0.5, 0.6) is 0 Å². The minimum Gasteiger partial charge on any atom is -0.385 e. The average molecular weight is 185 g/mol. The maximum atomic E-state index is 11.6. The van der Waals surface area contributed by atoms with Gasteiger partial charge in [-0.2, -0.15) is 0 Å². The van der Waals surface area contributed by atoms with Gasteiger partial charge < -0.3 is 10.5 Å². The Kier molecular flexibility index (Phi) is 3.88. The Balaban J connectivity index is 2.27. The Bertz CT molecular complexity index is 178. The lowest BCUT2D eigenvalue weighted by Gasteiger charge is -2.17. The van der Waals surface area contributed by atoms with Gasteiger partial charge in [0.25, 0.3) is 0 Å². The van der Waals surface area contributed by atoms with Crippen LogP contribution in [0, 0.1) is 11.8 Å². The summed E-state index contributed by atoms with van der Waals surface area (Å²) in [5, 5.41) is 0. The summed E-state index contributed by atoms with van der Waals surface area (Å²) in [6, 6.07) is -0.0342. The summed E-state index contributed by atoms with van der Waals surface area (Å²) in [5.41, 5.74) is 5.87. The van der Waals surface area contributed by atoms with Crippen LogP contribution in [0.2, 0.25) is 0 Å². The van der Waals surface area contributed by atoms with Gasteiger partial charge in [-0.1, -0.05) is 6.92 Å². The second-order valence-corrected chi connectivity index (χ2v) is 3.91. The average Bonchev–Trinajstić information content (AvgIpc) is 2.94. The minimum atomic E-state index is -0.0342. The first-order valence-corrected chi connectivity index (χ1v) is 4.95. The fraction of sp³-hybridized carbons (Fsp3) is 0.900. The zero-order chi connectivity index (χ0) is 9.84. The fourth-order valence-electron chi connectivity index (χ4n) is 1.45. The second-order valence-electron chi connectivity index (χ2n) is 3.91. The third-order valence-corrected chi connectivity index (χ3v) is 2.73. The number of carbonyl (C=O) groups is 1. The molecule has 0 heterocycles. The van der Waals surface area contributed by atoms with E-state index in [0.717, 1.165) is 19.3 Å². The molecule has 0 aromatic carbocycles. The number of hydrogen-bond donors (Lipinski definition) is 1. The highest BCUT2D eigenvalue weighted by atomic mass is 16.5. The van der Waals surface area contributed by atoms with E-state index in [9.17, 15) is 4.79 Å². The second kappa shape index (κ2) is 4.72. The van der Waals surface area contributed by atoms with E-state index in [1.807, 2.05) is 6.92 Å². The van der Waals surface area contributed by atoms with E-state index in [0.29, 0.717) is 18.3 Å². The normalized spacial score (nSPS) is 21.2. The smallest absolute Gasteiger partial charge is 0.140 e. The molecular formula is C10H19NO2. The van der Waals surface area contributed by atoms with Crippen LogP contribution in [0.1, 0.15) is 26.2 Å². The van der Waals surface area contributed by atoms with E-state index in [1.54, 1.807) is 7.11 Å². The zero-order valence-electron chi connectivity index (χ0n) is 8.45. The van der Waals surface area contributed by atoms with Gasteiger partial charge in [0.15, 0.2) is 0 Å². The van der Waals surface area contributed by atoms with Gasteiger partial charge in [-0.3, -0.25) is 4.79 Å². The maximum Gasteiger partial charge on any atom is 0.140 e. The molecule has 0 amide bonds. The molecule has 0 aromatic heterocycles. The number of rotatable bonds is 6. The highest BCUT2D eigenvalue weighted by Gasteiger charge is 2.34. The molecule has 1 aliphatic carbocycles. The van der Waals surface area contributed by atoms with Crippen LogP contribution in [0.15, 0.2) is 0 Å². The first-order chi connectivity index (χ1) is 6.16. The first-order valence-electron chi connectivity index (χ1n) is 4.95. The molecule has 1 fully saturated rings. The molecule has 0 saturated heterocycles. The minimum absolute atomic E-state index is 0.00245. The van der Waals surface area contributed by atoms with Gasteiger partial charge in [-0.05, 0) is 19.3 Å². The SMILES string of the molecule is COCCC(N)C(C)C(=O)C1CC1. The molecule has 3 heteroatoms. The van der Waals surface area contributed by atoms with Crippen LogP contribution in [0.25, 0.3) is 0 Å². The molecule has 2 unspecified atom stereocenters. The number of carbonyl (C=O) groups excluding carboxylic acids is 1. The van der Waals surface area contributed by atoms with Crippen molar-refractivity contribution >= 4 is 5.78 Å². The lowest BCUT2D eigenvalue weighted by molar-refractivity contribution is -0.124. The molecule has 0 aliphatic heterocycles. The van der Waals surface area contributed by atoms with E-state index in [4.69, 9.17) is 10.5 Å². The Morgan fingerprint density at radius 3 is 2.69 bits per heavy atom. The molecule has 0 radical (unpaired) electrons. The van der Waals surface area contributed by atoms with E-state index in [1.165, 1.54) is 0 Å². The van der Waals surface area contributed by atoms with Gasteiger partial charge in [0, 0.05) is 31.6 Å². The van der Waals surface area contributed by atoms with Crippen LogP contribution in [0.3, 0.4) is 0 Å². The number of nitrogens with two attached hydrogens (primary N) is 1. The Hall–Kier alpha value is -0.410. The standard InChI is InChI=1S/C10H19NO2/c1-7(9(11)5-6-13-2)10(12)8-3-4-8/h7-9H,3-6,11H2,1-2H3. The van der Waals surface area contributed by atoms with Crippen LogP contribution >= 0.6 is 0 Å². The summed E-state index contributed by atoms with van der Waals surface area (Å²) >= 11 is 0. The molecule has 0 spiro atoms. The molecule has 2 atom stereocenters. The van der Waals surface area contributed by atoms with Crippen molar-refractivity contribution in [3.05, 3.63) is 0 Å². The van der Waals surface area contributed by atoms with Crippen molar-refractivity contribution in [3.8, 4) is 0 Å².